The van der Waals surface area contributed by atoms with Gasteiger partial charge >= 0.3 is 0 Å². The van der Waals surface area contributed by atoms with E-state index in [1.165, 1.54) is 27.4 Å². The molecule has 0 spiro atoms. The summed E-state index contributed by atoms with van der Waals surface area (Å²) in [6, 6.07) is 10.8. The van der Waals surface area contributed by atoms with Crippen LogP contribution in [0.4, 0.5) is 0 Å². The molecule has 0 fully saturated rings. The van der Waals surface area contributed by atoms with Gasteiger partial charge in [0.1, 0.15) is 5.75 Å². The van der Waals surface area contributed by atoms with Crippen molar-refractivity contribution in [2.24, 2.45) is 0 Å². The average Bonchev–Trinajstić information content (AvgIpc) is 2.65. The van der Waals surface area contributed by atoms with Crippen molar-refractivity contribution in [3.8, 4) is 23.0 Å². The smallest absolute Gasteiger partial charge is 0.203 e. The largest absolute Gasteiger partial charge is 0.493 e. The first kappa shape index (κ1) is 19.4. The van der Waals surface area contributed by atoms with Crippen molar-refractivity contribution in [1.29, 1.82) is 0 Å². The summed E-state index contributed by atoms with van der Waals surface area (Å²) in [6.45, 7) is 3.95. The number of allylic oxidation sites excluding steroid dienone is 1. The predicted molar refractivity (Wildman–Crippen MR) is 102 cm³/mol. The first-order valence-corrected chi connectivity index (χ1v) is 8.27. The van der Waals surface area contributed by atoms with E-state index in [0.29, 0.717) is 22.8 Å². The van der Waals surface area contributed by atoms with Crippen LogP contribution in [0.3, 0.4) is 0 Å². The Balaban J connectivity index is 2.20. The van der Waals surface area contributed by atoms with E-state index in [4.69, 9.17) is 18.9 Å². The van der Waals surface area contributed by atoms with E-state index in [-0.39, 0.29) is 11.9 Å². The molecule has 0 saturated carbocycles. The van der Waals surface area contributed by atoms with Gasteiger partial charge in [-0.15, -0.1) is 0 Å². The summed E-state index contributed by atoms with van der Waals surface area (Å²) in [4.78, 5) is 12.5. The molecule has 0 aliphatic carbocycles. The second kappa shape index (κ2) is 8.94. The summed E-state index contributed by atoms with van der Waals surface area (Å²) in [6.07, 6.45) is 3.39. The molecule has 0 heterocycles. The summed E-state index contributed by atoms with van der Waals surface area (Å²) in [5.41, 5.74) is 1.36. The van der Waals surface area contributed by atoms with Crippen LogP contribution in [0.15, 0.2) is 42.5 Å². The summed E-state index contributed by atoms with van der Waals surface area (Å²) < 4.78 is 21.4. The van der Waals surface area contributed by atoms with Crippen LogP contribution >= 0.6 is 0 Å². The van der Waals surface area contributed by atoms with Crippen molar-refractivity contribution in [3.63, 3.8) is 0 Å². The number of carbonyl (C=O) groups excluding carboxylic acids is 1. The fraction of sp³-hybridized carbons (Fsp3) is 0.286. The van der Waals surface area contributed by atoms with Gasteiger partial charge in [0.15, 0.2) is 17.3 Å². The Morgan fingerprint density at radius 3 is 1.96 bits per heavy atom. The molecule has 0 atom stereocenters. The van der Waals surface area contributed by atoms with Gasteiger partial charge in [-0.3, -0.25) is 4.79 Å². The minimum absolute atomic E-state index is 0.123. The van der Waals surface area contributed by atoms with E-state index in [2.05, 4.69) is 0 Å². The van der Waals surface area contributed by atoms with Crippen LogP contribution in [0.1, 0.15) is 29.8 Å². The van der Waals surface area contributed by atoms with Gasteiger partial charge in [-0.25, -0.2) is 0 Å². The predicted octanol–water partition coefficient (Wildman–Crippen LogP) is 4.40. The molecule has 0 amide bonds. The van der Waals surface area contributed by atoms with Crippen molar-refractivity contribution in [2.75, 3.05) is 21.3 Å². The Kier molecular flexibility index (Phi) is 6.67. The number of rotatable bonds is 8. The molecule has 5 nitrogen and oxygen atoms in total. The van der Waals surface area contributed by atoms with Gasteiger partial charge < -0.3 is 18.9 Å². The molecule has 0 aromatic heterocycles. The van der Waals surface area contributed by atoms with E-state index in [0.717, 1.165) is 11.3 Å². The van der Waals surface area contributed by atoms with Gasteiger partial charge in [-0.1, -0.05) is 18.2 Å². The molecule has 2 aromatic carbocycles. The Bertz CT molecular complexity index is 750. The quantitative estimate of drug-likeness (QED) is 0.518. The number of ketones is 1. The lowest BCUT2D eigenvalue weighted by Crippen LogP contribution is -2.05. The summed E-state index contributed by atoms with van der Waals surface area (Å²) in [5, 5.41) is 0. The lowest BCUT2D eigenvalue weighted by Gasteiger charge is -2.13. The van der Waals surface area contributed by atoms with E-state index in [9.17, 15) is 4.79 Å². The van der Waals surface area contributed by atoms with Gasteiger partial charge in [-0.2, -0.15) is 0 Å². The SMILES string of the molecule is COc1cc(C(=O)C=Cc2ccc(OC(C)C)cc2)cc(OC)c1OC. The number of hydrogen-bond acceptors (Lipinski definition) is 5. The van der Waals surface area contributed by atoms with Crippen molar-refractivity contribution >= 4 is 11.9 Å². The second-order valence-corrected chi connectivity index (χ2v) is 5.85. The average molecular weight is 356 g/mol. The molecule has 0 bridgehead atoms. The molecule has 5 heteroatoms. The van der Waals surface area contributed by atoms with Crippen LogP contribution in [0.25, 0.3) is 6.08 Å². The van der Waals surface area contributed by atoms with Crippen molar-refractivity contribution in [1.82, 2.24) is 0 Å². The molecule has 0 N–H and O–H groups in total. The summed E-state index contributed by atoms with van der Waals surface area (Å²) in [5.74, 6) is 1.98. The fourth-order valence-electron chi connectivity index (χ4n) is 2.42. The first-order chi connectivity index (χ1) is 12.5. The van der Waals surface area contributed by atoms with Crippen LogP contribution < -0.4 is 18.9 Å². The maximum absolute atomic E-state index is 12.5. The van der Waals surface area contributed by atoms with Crippen LogP contribution in [-0.4, -0.2) is 33.2 Å². The third kappa shape index (κ3) is 4.79. The van der Waals surface area contributed by atoms with Crippen molar-refractivity contribution in [3.05, 3.63) is 53.6 Å². The monoisotopic (exact) mass is 356 g/mol. The van der Waals surface area contributed by atoms with E-state index in [1.54, 1.807) is 18.2 Å². The zero-order valence-corrected chi connectivity index (χ0v) is 15.7. The molecule has 2 aromatic rings. The lowest BCUT2D eigenvalue weighted by atomic mass is 10.1. The molecule has 0 aliphatic rings. The molecule has 0 aliphatic heterocycles. The zero-order valence-electron chi connectivity index (χ0n) is 15.7. The second-order valence-electron chi connectivity index (χ2n) is 5.85. The Morgan fingerprint density at radius 2 is 1.50 bits per heavy atom. The van der Waals surface area contributed by atoms with Gasteiger partial charge in [0.25, 0.3) is 0 Å². The fourth-order valence-corrected chi connectivity index (χ4v) is 2.42. The number of carbonyl (C=O) groups is 1. The van der Waals surface area contributed by atoms with Gasteiger partial charge in [0.05, 0.1) is 27.4 Å². The molecule has 0 unspecified atom stereocenters. The normalized spacial score (nSPS) is 10.8. The van der Waals surface area contributed by atoms with Gasteiger partial charge in [0.2, 0.25) is 5.75 Å². The molecule has 0 saturated heterocycles. The van der Waals surface area contributed by atoms with Crippen LogP contribution in [0, 0.1) is 0 Å². The van der Waals surface area contributed by atoms with Crippen LogP contribution in [-0.2, 0) is 0 Å². The Hall–Kier alpha value is -2.95. The number of ether oxygens (including phenoxy) is 4. The number of hydrogen-bond donors (Lipinski definition) is 0. The Morgan fingerprint density at radius 1 is 0.923 bits per heavy atom. The Labute approximate surface area is 154 Å². The van der Waals surface area contributed by atoms with Crippen LogP contribution in [0.2, 0.25) is 0 Å². The van der Waals surface area contributed by atoms with E-state index in [1.807, 2.05) is 38.1 Å². The molecular weight excluding hydrogens is 332 g/mol. The number of methoxy groups -OCH3 is 3. The van der Waals surface area contributed by atoms with Crippen LogP contribution in [0.5, 0.6) is 23.0 Å². The minimum atomic E-state index is -0.160. The van der Waals surface area contributed by atoms with Gasteiger partial charge in [0, 0.05) is 5.56 Å². The molecule has 2 rings (SSSR count). The van der Waals surface area contributed by atoms with E-state index >= 15 is 0 Å². The maximum Gasteiger partial charge on any atom is 0.203 e. The standard InChI is InChI=1S/C21H24O5/c1-14(2)26-17-9-6-15(7-10-17)8-11-18(22)16-12-19(23-3)21(25-5)20(13-16)24-4/h6-14H,1-5H3. The third-order valence-corrected chi connectivity index (χ3v) is 3.63. The summed E-state index contributed by atoms with van der Waals surface area (Å²) >= 11 is 0. The first-order valence-electron chi connectivity index (χ1n) is 8.27. The topological polar surface area (TPSA) is 54.0 Å². The van der Waals surface area contributed by atoms with E-state index < -0.39 is 0 Å². The molecule has 0 radical (unpaired) electrons. The maximum atomic E-state index is 12.5. The highest BCUT2D eigenvalue weighted by molar-refractivity contribution is 6.07. The molecule has 26 heavy (non-hydrogen) atoms. The molecule has 138 valence electrons. The lowest BCUT2D eigenvalue weighted by molar-refractivity contribution is 0.104. The third-order valence-electron chi connectivity index (χ3n) is 3.63. The zero-order chi connectivity index (χ0) is 19.1. The van der Waals surface area contributed by atoms with Crippen molar-refractivity contribution < 1.29 is 23.7 Å². The molecular formula is C21H24O5. The summed E-state index contributed by atoms with van der Waals surface area (Å²) in [7, 11) is 4.55. The van der Waals surface area contributed by atoms with Crippen molar-refractivity contribution in [2.45, 2.75) is 20.0 Å². The van der Waals surface area contributed by atoms with Gasteiger partial charge in [-0.05, 0) is 49.8 Å². The highest BCUT2D eigenvalue weighted by atomic mass is 16.5. The highest BCUT2D eigenvalue weighted by Gasteiger charge is 2.15. The minimum Gasteiger partial charge on any atom is -0.493 e. The highest BCUT2D eigenvalue weighted by Crippen LogP contribution is 2.38. The number of benzene rings is 2.